The fraction of sp³-hybridized carbons (Fsp3) is 0.375. The number of carboxylic acid groups (broad SMARTS) is 1. The Balaban J connectivity index is 2.09. The number of hydrogen-bond acceptors (Lipinski definition) is 5. The van der Waals surface area contributed by atoms with E-state index >= 15 is 0 Å². The van der Waals surface area contributed by atoms with Crippen LogP contribution in [0, 0.1) is 0 Å². The minimum Gasteiger partial charge on any atom is -0.480 e. The van der Waals surface area contributed by atoms with Gasteiger partial charge in [0.05, 0.1) is 0 Å². The second-order valence-electron chi connectivity index (χ2n) is 5.52. The van der Waals surface area contributed by atoms with E-state index in [4.69, 9.17) is 0 Å². The third-order valence-corrected chi connectivity index (χ3v) is 4.10. The van der Waals surface area contributed by atoms with Gasteiger partial charge < -0.3 is 10.0 Å². The van der Waals surface area contributed by atoms with Gasteiger partial charge in [-0.05, 0) is 38.3 Å². The third-order valence-electron chi connectivity index (χ3n) is 4.10. The number of hydrogen-bond donors (Lipinski definition) is 1. The normalized spacial score (nSPS) is 14.5. The third kappa shape index (κ3) is 2.52. The van der Waals surface area contributed by atoms with E-state index in [2.05, 4.69) is 15.0 Å². The van der Waals surface area contributed by atoms with Crippen LogP contribution in [0.25, 0.3) is 11.4 Å². The van der Waals surface area contributed by atoms with Crippen molar-refractivity contribution in [3.05, 3.63) is 35.8 Å². The average Bonchev–Trinajstić information content (AvgIpc) is 3.01. The molecular formula is C16H18N4O2. The predicted octanol–water partition coefficient (Wildman–Crippen LogP) is 1.94. The number of aryl methyl sites for hydroxylation is 1. The van der Waals surface area contributed by atoms with Gasteiger partial charge in [-0.25, -0.2) is 14.8 Å². The van der Waals surface area contributed by atoms with Crippen molar-refractivity contribution in [1.82, 2.24) is 15.0 Å². The van der Waals surface area contributed by atoms with E-state index in [1.807, 2.05) is 12.1 Å². The summed E-state index contributed by atoms with van der Waals surface area (Å²) in [6.45, 7) is 1.66. The summed E-state index contributed by atoms with van der Waals surface area (Å²) in [5.41, 5.74) is 2.94. The molecule has 0 amide bonds. The summed E-state index contributed by atoms with van der Waals surface area (Å²) < 4.78 is 0. The molecule has 1 N–H and O–H groups in total. The van der Waals surface area contributed by atoms with Crippen LogP contribution in [0.1, 0.15) is 24.6 Å². The van der Waals surface area contributed by atoms with Crippen LogP contribution in [0.4, 0.5) is 5.82 Å². The Morgan fingerprint density at radius 3 is 2.86 bits per heavy atom. The largest absolute Gasteiger partial charge is 0.480 e. The van der Waals surface area contributed by atoms with Gasteiger partial charge in [-0.15, -0.1) is 0 Å². The summed E-state index contributed by atoms with van der Waals surface area (Å²) >= 11 is 0. The highest BCUT2D eigenvalue weighted by Crippen LogP contribution is 2.31. The molecule has 6 nitrogen and oxygen atoms in total. The first kappa shape index (κ1) is 14.4. The summed E-state index contributed by atoms with van der Waals surface area (Å²) in [4.78, 5) is 26.4. The predicted molar refractivity (Wildman–Crippen MR) is 82.8 cm³/mol. The zero-order chi connectivity index (χ0) is 15.7. The van der Waals surface area contributed by atoms with Crippen molar-refractivity contribution in [2.75, 3.05) is 11.9 Å². The molecule has 6 heteroatoms. The lowest BCUT2D eigenvalue weighted by Gasteiger charge is -2.25. The molecule has 0 aromatic carbocycles. The summed E-state index contributed by atoms with van der Waals surface area (Å²) in [6.07, 6.45) is 6.27. The van der Waals surface area contributed by atoms with E-state index in [-0.39, 0.29) is 0 Å². The molecule has 114 valence electrons. The fourth-order valence-corrected chi connectivity index (χ4v) is 2.68. The number of rotatable bonds is 4. The first-order valence-corrected chi connectivity index (χ1v) is 7.33. The Bertz CT molecular complexity index is 703. The number of aliphatic carboxylic acids is 1. The van der Waals surface area contributed by atoms with Crippen LogP contribution in [0.15, 0.2) is 24.5 Å². The van der Waals surface area contributed by atoms with Crippen molar-refractivity contribution in [3.63, 3.8) is 0 Å². The Morgan fingerprint density at radius 2 is 2.18 bits per heavy atom. The van der Waals surface area contributed by atoms with Crippen molar-refractivity contribution in [3.8, 4) is 11.4 Å². The van der Waals surface area contributed by atoms with Gasteiger partial charge in [-0.3, -0.25) is 4.98 Å². The maximum absolute atomic E-state index is 11.3. The first-order chi connectivity index (χ1) is 10.6. The molecule has 2 heterocycles. The summed E-state index contributed by atoms with van der Waals surface area (Å²) in [7, 11) is 1.77. The molecule has 0 fully saturated rings. The van der Waals surface area contributed by atoms with Gasteiger partial charge in [-0.1, -0.05) is 0 Å². The zero-order valence-electron chi connectivity index (χ0n) is 12.7. The molecule has 1 aliphatic carbocycles. The smallest absolute Gasteiger partial charge is 0.326 e. The molecule has 1 unspecified atom stereocenters. The number of fused-ring (bicyclic) bond motifs is 1. The van der Waals surface area contributed by atoms with Crippen molar-refractivity contribution in [2.45, 2.75) is 32.2 Å². The number of nitrogens with zero attached hydrogens (tertiary/aromatic N) is 4. The molecular weight excluding hydrogens is 280 g/mol. The molecule has 2 aromatic heterocycles. The van der Waals surface area contributed by atoms with Crippen molar-refractivity contribution in [1.29, 1.82) is 0 Å². The molecule has 1 aliphatic rings. The highest BCUT2D eigenvalue weighted by atomic mass is 16.4. The van der Waals surface area contributed by atoms with E-state index in [0.29, 0.717) is 5.82 Å². The topological polar surface area (TPSA) is 79.2 Å². The first-order valence-electron chi connectivity index (χ1n) is 7.33. The van der Waals surface area contributed by atoms with Gasteiger partial charge in [0.1, 0.15) is 11.9 Å². The Labute approximate surface area is 128 Å². The van der Waals surface area contributed by atoms with E-state index in [1.165, 1.54) is 0 Å². The number of carbonyl (C=O) groups is 1. The average molecular weight is 298 g/mol. The van der Waals surface area contributed by atoms with Gasteiger partial charge in [0.2, 0.25) is 0 Å². The Kier molecular flexibility index (Phi) is 3.75. The standard InChI is InChI=1S/C16H18N4O2/c1-10(16(21)22)20(2)15-12-6-3-7-13(12)18-14(19-15)11-5-4-8-17-9-11/h4-5,8-10H,3,6-7H2,1-2H3,(H,21,22). The van der Waals surface area contributed by atoms with Crippen molar-refractivity contribution in [2.24, 2.45) is 0 Å². The van der Waals surface area contributed by atoms with Gasteiger partial charge in [0, 0.05) is 36.3 Å². The van der Waals surface area contributed by atoms with E-state index in [0.717, 1.165) is 41.9 Å². The van der Waals surface area contributed by atoms with Crippen LogP contribution in [-0.4, -0.2) is 39.1 Å². The van der Waals surface area contributed by atoms with Crippen LogP contribution < -0.4 is 4.90 Å². The Hall–Kier alpha value is -2.50. The highest BCUT2D eigenvalue weighted by Gasteiger charge is 2.26. The molecule has 1 atom stereocenters. The van der Waals surface area contributed by atoms with Crippen LogP contribution in [0.2, 0.25) is 0 Å². The zero-order valence-corrected chi connectivity index (χ0v) is 12.7. The Morgan fingerprint density at radius 1 is 1.36 bits per heavy atom. The van der Waals surface area contributed by atoms with E-state index in [1.54, 1.807) is 31.3 Å². The lowest BCUT2D eigenvalue weighted by Crippen LogP contribution is -2.37. The molecule has 0 saturated heterocycles. The lowest BCUT2D eigenvalue weighted by molar-refractivity contribution is -0.138. The van der Waals surface area contributed by atoms with Crippen molar-refractivity contribution >= 4 is 11.8 Å². The quantitative estimate of drug-likeness (QED) is 0.929. The van der Waals surface area contributed by atoms with Crippen LogP contribution in [0.3, 0.4) is 0 Å². The number of aromatic nitrogens is 3. The van der Waals surface area contributed by atoms with Gasteiger partial charge in [0.15, 0.2) is 5.82 Å². The van der Waals surface area contributed by atoms with Gasteiger partial charge in [0.25, 0.3) is 0 Å². The number of likely N-dealkylation sites (N-methyl/N-ethyl adjacent to an activating group) is 1. The summed E-state index contributed by atoms with van der Waals surface area (Å²) in [5.74, 6) is 0.459. The van der Waals surface area contributed by atoms with Crippen LogP contribution in [0.5, 0.6) is 0 Å². The second-order valence-corrected chi connectivity index (χ2v) is 5.52. The molecule has 0 saturated carbocycles. The maximum atomic E-state index is 11.3. The molecule has 0 spiro atoms. The maximum Gasteiger partial charge on any atom is 0.326 e. The molecule has 22 heavy (non-hydrogen) atoms. The summed E-state index contributed by atoms with van der Waals surface area (Å²) in [6, 6.07) is 3.12. The van der Waals surface area contributed by atoms with E-state index < -0.39 is 12.0 Å². The van der Waals surface area contributed by atoms with Crippen LogP contribution in [-0.2, 0) is 17.6 Å². The van der Waals surface area contributed by atoms with Crippen LogP contribution >= 0.6 is 0 Å². The number of anilines is 1. The second kappa shape index (κ2) is 5.71. The minimum absolute atomic E-state index is 0.605. The highest BCUT2D eigenvalue weighted by molar-refractivity contribution is 5.78. The lowest BCUT2D eigenvalue weighted by atomic mass is 10.2. The number of pyridine rings is 1. The molecule has 0 aliphatic heterocycles. The van der Waals surface area contributed by atoms with Gasteiger partial charge in [-0.2, -0.15) is 0 Å². The molecule has 0 bridgehead atoms. The minimum atomic E-state index is -0.865. The van der Waals surface area contributed by atoms with Gasteiger partial charge >= 0.3 is 5.97 Å². The molecule has 0 radical (unpaired) electrons. The molecule has 2 aromatic rings. The summed E-state index contributed by atoms with van der Waals surface area (Å²) in [5, 5.41) is 9.25. The fourth-order valence-electron chi connectivity index (χ4n) is 2.68. The monoisotopic (exact) mass is 298 g/mol. The molecule has 3 rings (SSSR count). The number of carboxylic acids is 1. The van der Waals surface area contributed by atoms with E-state index in [9.17, 15) is 9.90 Å². The van der Waals surface area contributed by atoms with Crippen molar-refractivity contribution < 1.29 is 9.90 Å². The SMILES string of the molecule is CC(C(=O)O)N(C)c1nc(-c2cccnc2)nc2c1CCC2.